The number of hydrogen-bond donors (Lipinski definition) is 1. The van der Waals surface area contributed by atoms with E-state index in [9.17, 15) is 8.78 Å². The minimum absolute atomic E-state index is 0.0852. The van der Waals surface area contributed by atoms with Crippen LogP contribution >= 0.6 is 0 Å². The van der Waals surface area contributed by atoms with Gasteiger partial charge in [-0.15, -0.1) is 5.10 Å². The van der Waals surface area contributed by atoms with Crippen LogP contribution in [-0.4, -0.2) is 48.1 Å². The molecule has 0 saturated carbocycles. The summed E-state index contributed by atoms with van der Waals surface area (Å²) in [5.41, 5.74) is 9.37. The Bertz CT molecular complexity index is 1100. The lowest BCUT2D eigenvalue weighted by atomic mass is 9.93. The molecule has 158 valence electrons. The second kappa shape index (κ2) is 7.22. The Morgan fingerprint density at radius 3 is 2.73 bits per heavy atom. The van der Waals surface area contributed by atoms with Crippen molar-refractivity contribution >= 4 is 0 Å². The molecule has 30 heavy (non-hydrogen) atoms. The van der Waals surface area contributed by atoms with Crippen LogP contribution in [0.2, 0.25) is 0 Å². The van der Waals surface area contributed by atoms with Crippen LogP contribution < -0.4 is 5.73 Å². The van der Waals surface area contributed by atoms with Crippen LogP contribution in [0.4, 0.5) is 8.78 Å². The summed E-state index contributed by atoms with van der Waals surface area (Å²) >= 11 is 0. The van der Waals surface area contributed by atoms with Crippen molar-refractivity contribution in [2.24, 2.45) is 19.8 Å². The first kappa shape index (κ1) is 19.3. The van der Waals surface area contributed by atoms with E-state index >= 15 is 0 Å². The van der Waals surface area contributed by atoms with Gasteiger partial charge in [-0.2, -0.15) is 0 Å². The molecule has 4 heterocycles. The summed E-state index contributed by atoms with van der Waals surface area (Å²) < 4.78 is 37.3. The molecule has 5 rings (SSSR count). The summed E-state index contributed by atoms with van der Waals surface area (Å²) in [6, 6.07) is 3.04. The SMILES string of the molecule is Cn1cc(-c2nc3c(n2C)CN([C@H]2CO[C@H](c4cc(F)ccc4F)[C@@H](N)C2)C3)nn1. The summed E-state index contributed by atoms with van der Waals surface area (Å²) in [4.78, 5) is 7.04. The largest absolute Gasteiger partial charge is 0.370 e. The number of aryl methyl sites for hydroxylation is 1. The van der Waals surface area contributed by atoms with Crippen LogP contribution in [0.15, 0.2) is 24.4 Å². The fourth-order valence-electron chi connectivity index (χ4n) is 4.44. The minimum atomic E-state index is -0.650. The van der Waals surface area contributed by atoms with Gasteiger partial charge < -0.3 is 15.0 Å². The monoisotopic (exact) mass is 415 g/mol. The molecule has 1 fully saturated rings. The van der Waals surface area contributed by atoms with Crippen molar-refractivity contribution in [1.82, 2.24) is 29.4 Å². The fraction of sp³-hybridized carbons (Fsp3) is 0.450. The molecule has 0 amide bonds. The number of rotatable bonds is 3. The summed E-state index contributed by atoms with van der Waals surface area (Å²) in [7, 11) is 3.80. The zero-order valence-corrected chi connectivity index (χ0v) is 16.8. The Labute approximate surface area is 172 Å². The van der Waals surface area contributed by atoms with Gasteiger partial charge in [0.15, 0.2) is 5.82 Å². The zero-order chi connectivity index (χ0) is 21.0. The van der Waals surface area contributed by atoms with E-state index in [2.05, 4.69) is 15.2 Å². The van der Waals surface area contributed by atoms with Gasteiger partial charge in [0.25, 0.3) is 0 Å². The standard InChI is InChI=1S/C20H23F2N7O/c1-27-7-17(25-26-27)20-24-16-8-29(9-18(16)28(20)2)12-6-15(23)19(30-10-12)13-5-11(21)3-4-14(13)22/h3-5,7,12,15,19H,6,8-10,23H2,1-2H3/t12-,15+,19-/m1/s1. The molecular weight excluding hydrogens is 392 g/mol. The van der Waals surface area contributed by atoms with Gasteiger partial charge in [0.05, 0.1) is 24.2 Å². The molecular formula is C20H23F2N7O. The molecule has 1 saturated heterocycles. The predicted molar refractivity (Wildman–Crippen MR) is 104 cm³/mol. The van der Waals surface area contributed by atoms with Gasteiger partial charge in [0.2, 0.25) is 0 Å². The Hall–Kier alpha value is -2.69. The quantitative estimate of drug-likeness (QED) is 0.700. The highest BCUT2D eigenvalue weighted by Crippen LogP contribution is 2.35. The number of ether oxygens (including phenoxy) is 1. The number of imidazole rings is 1. The van der Waals surface area contributed by atoms with Crippen molar-refractivity contribution in [1.29, 1.82) is 0 Å². The van der Waals surface area contributed by atoms with Crippen molar-refractivity contribution in [2.45, 2.75) is 37.7 Å². The van der Waals surface area contributed by atoms with E-state index < -0.39 is 23.8 Å². The summed E-state index contributed by atoms with van der Waals surface area (Å²) in [6.07, 6.45) is 1.82. The smallest absolute Gasteiger partial charge is 0.162 e. The first-order valence-electron chi connectivity index (χ1n) is 9.88. The van der Waals surface area contributed by atoms with Gasteiger partial charge in [0.1, 0.15) is 23.4 Å². The number of aromatic nitrogens is 5. The van der Waals surface area contributed by atoms with Crippen molar-refractivity contribution in [3.8, 4) is 11.5 Å². The van der Waals surface area contributed by atoms with Crippen molar-refractivity contribution < 1.29 is 13.5 Å². The highest BCUT2D eigenvalue weighted by Gasteiger charge is 2.38. The van der Waals surface area contributed by atoms with Crippen molar-refractivity contribution in [3.05, 3.63) is 53.0 Å². The van der Waals surface area contributed by atoms with Crippen LogP contribution in [0.25, 0.3) is 11.5 Å². The normalized spacial score (nSPS) is 24.4. The molecule has 2 aliphatic heterocycles. The molecule has 0 radical (unpaired) electrons. The van der Waals surface area contributed by atoms with E-state index in [0.29, 0.717) is 19.6 Å². The van der Waals surface area contributed by atoms with E-state index in [-0.39, 0.29) is 11.6 Å². The molecule has 2 N–H and O–H groups in total. The Morgan fingerprint density at radius 1 is 1.20 bits per heavy atom. The molecule has 0 spiro atoms. The first-order valence-corrected chi connectivity index (χ1v) is 9.88. The van der Waals surface area contributed by atoms with Crippen LogP contribution in [0, 0.1) is 11.6 Å². The van der Waals surface area contributed by atoms with Gasteiger partial charge in [-0.3, -0.25) is 9.58 Å². The van der Waals surface area contributed by atoms with Gasteiger partial charge in [-0.05, 0) is 24.6 Å². The van der Waals surface area contributed by atoms with E-state index in [1.807, 2.05) is 24.9 Å². The number of nitrogens with zero attached hydrogens (tertiary/aromatic N) is 6. The predicted octanol–water partition coefficient (Wildman–Crippen LogP) is 1.67. The van der Waals surface area contributed by atoms with E-state index in [1.54, 1.807) is 4.68 Å². The lowest BCUT2D eigenvalue weighted by Crippen LogP contribution is -2.47. The summed E-state index contributed by atoms with van der Waals surface area (Å²) in [5.74, 6) is -0.195. The molecule has 10 heteroatoms. The van der Waals surface area contributed by atoms with Gasteiger partial charge >= 0.3 is 0 Å². The number of fused-ring (bicyclic) bond motifs is 1. The molecule has 0 aliphatic carbocycles. The summed E-state index contributed by atoms with van der Waals surface area (Å²) in [6.45, 7) is 1.81. The molecule has 1 aromatic carbocycles. The zero-order valence-electron chi connectivity index (χ0n) is 16.8. The second-order valence-corrected chi connectivity index (χ2v) is 8.04. The van der Waals surface area contributed by atoms with E-state index in [1.165, 1.54) is 6.07 Å². The Morgan fingerprint density at radius 2 is 2.03 bits per heavy atom. The van der Waals surface area contributed by atoms with E-state index in [4.69, 9.17) is 15.5 Å². The van der Waals surface area contributed by atoms with Crippen molar-refractivity contribution in [3.63, 3.8) is 0 Å². The maximum absolute atomic E-state index is 14.2. The minimum Gasteiger partial charge on any atom is -0.370 e. The number of nitrogens with two attached hydrogens (primary N) is 1. The molecule has 3 atom stereocenters. The Kier molecular flexibility index (Phi) is 4.64. The second-order valence-electron chi connectivity index (χ2n) is 8.04. The van der Waals surface area contributed by atoms with E-state index in [0.717, 1.165) is 41.6 Å². The molecule has 2 aromatic heterocycles. The van der Waals surface area contributed by atoms with Crippen LogP contribution in [-0.2, 0) is 31.9 Å². The van der Waals surface area contributed by atoms with Crippen molar-refractivity contribution in [2.75, 3.05) is 6.61 Å². The number of halogens is 2. The molecule has 8 nitrogen and oxygen atoms in total. The fourth-order valence-corrected chi connectivity index (χ4v) is 4.44. The number of benzene rings is 1. The maximum Gasteiger partial charge on any atom is 0.162 e. The Balaban J connectivity index is 1.29. The third kappa shape index (κ3) is 3.21. The third-order valence-electron chi connectivity index (χ3n) is 6.02. The highest BCUT2D eigenvalue weighted by atomic mass is 19.1. The summed E-state index contributed by atoms with van der Waals surface area (Å²) in [5, 5.41) is 8.13. The average molecular weight is 415 g/mol. The molecule has 2 aliphatic rings. The molecule has 0 unspecified atom stereocenters. The van der Waals surface area contributed by atoms with Gasteiger partial charge in [-0.25, -0.2) is 13.8 Å². The average Bonchev–Trinajstić information content (AvgIpc) is 3.40. The lowest BCUT2D eigenvalue weighted by Gasteiger charge is -2.38. The first-order chi connectivity index (χ1) is 14.4. The molecule has 3 aromatic rings. The third-order valence-corrected chi connectivity index (χ3v) is 6.02. The lowest BCUT2D eigenvalue weighted by molar-refractivity contribution is -0.0534. The maximum atomic E-state index is 14.2. The molecule has 0 bridgehead atoms. The van der Waals surface area contributed by atoms with Crippen LogP contribution in [0.5, 0.6) is 0 Å². The number of hydrogen-bond acceptors (Lipinski definition) is 6. The van der Waals surface area contributed by atoms with Gasteiger partial charge in [0, 0.05) is 44.8 Å². The van der Waals surface area contributed by atoms with Crippen LogP contribution in [0.3, 0.4) is 0 Å². The van der Waals surface area contributed by atoms with Gasteiger partial charge in [-0.1, -0.05) is 5.21 Å². The topological polar surface area (TPSA) is 87.0 Å². The van der Waals surface area contributed by atoms with Crippen LogP contribution in [0.1, 0.15) is 29.5 Å². The highest BCUT2D eigenvalue weighted by molar-refractivity contribution is 5.50.